The Labute approximate surface area is 238 Å². The van der Waals surface area contributed by atoms with Gasteiger partial charge in [0.25, 0.3) is 0 Å². The van der Waals surface area contributed by atoms with Crippen LogP contribution in [0.15, 0.2) is 108 Å². The van der Waals surface area contributed by atoms with Gasteiger partial charge in [-0.25, -0.2) is 8.78 Å². The molecule has 1 heterocycles. The highest BCUT2D eigenvalue weighted by Gasteiger charge is 2.39. The Morgan fingerprint density at radius 3 is 2.07 bits per heavy atom. The Kier molecular flexibility index (Phi) is 8.47. The van der Waals surface area contributed by atoms with E-state index in [-0.39, 0.29) is 30.1 Å². The standard InChI is InChI=1S/C33H24F5NO3/c34-27-9-4-10-28(35)30(27)29-20-26(32(40)41-19-5-8-21-6-2-1-3-7-21)31(39-29)24-13-11-22(12-14-24)23-15-17-25(18-16-23)42-33(36,37)38/h1-18,26,31H,19-20H2/b8-5+/t26-,31-/m0/s1. The molecule has 4 aromatic carbocycles. The Morgan fingerprint density at radius 1 is 0.833 bits per heavy atom. The highest BCUT2D eigenvalue weighted by molar-refractivity contribution is 6.04. The molecule has 0 unspecified atom stereocenters. The molecule has 214 valence electrons. The summed E-state index contributed by atoms with van der Waals surface area (Å²) in [5.41, 5.74) is 2.74. The molecule has 0 bridgehead atoms. The third-order valence-corrected chi connectivity index (χ3v) is 6.75. The molecular weight excluding hydrogens is 553 g/mol. The summed E-state index contributed by atoms with van der Waals surface area (Å²) in [5, 5.41) is 0. The number of hydrogen-bond donors (Lipinski definition) is 0. The maximum Gasteiger partial charge on any atom is 0.573 e. The predicted molar refractivity (Wildman–Crippen MR) is 149 cm³/mol. The van der Waals surface area contributed by atoms with Crippen molar-refractivity contribution in [3.05, 3.63) is 131 Å². The van der Waals surface area contributed by atoms with Gasteiger partial charge in [-0.15, -0.1) is 13.2 Å². The van der Waals surface area contributed by atoms with Gasteiger partial charge in [-0.2, -0.15) is 0 Å². The van der Waals surface area contributed by atoms with Crippen molar-refractivity contribution in [2.45, 2.75) is 18.8 Å². The van der Waals surface area contributed by atoms with Crippen molar-refractivity contribution in [3.8, 4) is 16.9 Å². The lowest BCUT2D eigenvalue weighted by molar-refractivity contribution is -0.274. The third-order valence-electron chi connectivity index (χ3n) is 6.75. The van der Waals surface area contributed by atoms with Gasteiger partial charge < -0.3 is 9.47 Å². The zero-order chi connectivity index (χ0) is 29.7. The first-order chi connectivity index (χ1) is 20.2. The molecule has 0 saturated heterocycles. The average molecular weight is 578 g/mol. The van der Waals surface area contributed by atoms with E-state index < -0.39 is 35.9 Å². The van der Waals surface area contributed by atoms with Crippen LogP contribution in [0.25, 0.3) is 17.2 Å². The van der Waals surface area contributed by atoms with Crippen LogP contribution >= 0.6 is 0 Å². The fourth-order valence-electron chi connectivity index (χ4n) is 4.80. The normalized spacial score (nSPS) is 16.8. The summed E-state index contributed by atoms with van der Waals surface area (Å²) >= 11 is 0. The summed E-state index contributed by atoms with van der Waals surface area (Å²) < 4.78 is 76.1. The van der Waals surface area contributed by atoms with E-state index in [2.05, 4.69) is 9.73 Å². The minimum atomic E-state index is -4.79. The van der Waals surface area contributed by atoms with Crippen LogP contribution in [0.4, 0.5) is 22.0 Å². The quantitative estimate of drug-likeness (QED) is 0.156. The number of hydrogen-bond acceptors (Lipinski definition) is 4. The smallest absolute Gasteiger partial charge is 0.461 e. The number of benzene rings is 4. The molecule has 42 heavy (non-hydrogen) atoms. The molecule has 2 atom stereocenters. The van der Waals surface area contributed by atoms with Gasteiger partial charge in [0.15, 0.2) is 0 Å². The van der Waals surface area contributed by atoms with Crippen molar-refractivity contribution in [2.24, 2.45) is 10.9 Å². The fraction of sp³-hybridized carbons (Fsp3) is 0.152. The number of nitrogens with zero attached hydrogens (tertiary/aromatic N) is 1. The molecule has 1 aliphatic rings. The maximum absolute atomic E-state index is 14.6. The van der Waals surface area contributed by atoms with E-state index in [9.17, 15) is 26.7 Å². The molecule has 0 saturated carbocycles. The molecule has 0 amide bonds. The third kappa shape index (κ3) is 6.91. The van der Waals surface area contributed by atoms with Gasteiger partial charge in [-0.1, -0.05) is 78.9 Å². The Balaban J connectivity index is 1.37. The molecule has 0 aromatic heterocycles. The van der Waals surface area contributed by atoms with Crippen LogP contribution in [-0.4, -0.2) is 24.7 Å². The molecule has 0 N–H and O–H groups in total. The predicted octanol–water partition coefficient (Wildman–Crippen LogP) is 8.34. The summed E-state index contributed by atoms with van der Waals surface area (Å²) in [5.74, 6) is -3.27. The van der Waals surface area contributed by atoms with Gasteiger partial charge in [-0.05, 0) is 52.6 Å². The Morgan fingerprint density at radius 2 is 1.45 bits per heavy atom. The monoisotopic (exact) mass is 577 g/mol. The average Bonchev–Trinajstić information content (AvgIpc) is 3.40. The van der Waals surface area contributed by atoms with Crippen molar-refractivity contribution in [1.82, 2.24) is 0 Å². The molecule has 0 fully saturated rings. The first kappa shape index (κ1) is 28.7. The second-order valence-electron chi connectivity index (χ2n) is 9.57. The molecule has 1 aliphatic heterocycles. The molecule has 5 rings (SSSR count). The number of esters is 1. The van der Waals surface area contributed by atoms with Crippen LogP contribution in [0.5, 0.6) is 5.75 Å². The van der Waals surface area contributed by atoms with Crippen molar-refractivity contribution < 1.29 is 36.2 Å². The van der Waals surface area contributed by atoms with E-state index in [4.69, 9.17) is 4.74 Å². The molecule has 9 heteroatoms. The lowest BCUT2D eigenvalue weighted by Crippen LogP contribution is -2.22. The largest absolute Gasteiger partial charge is 0.573 e. The molecule has 0 radical (unpaired) electrons. The minimum absolute atomic E-state index is 0.00727. The topological polar surface area (TPSA) is 47.9 Å². The van der Waals surface area contributed by atoms with Crippen molar-refractivity contribution >= 4 is 17.8 Å². The molecule has 0 spiro atoms. The minimum Gasteiger partial charge on any atom is -0.461 e. The van der Waals surface area contributed by atoms with E-state index >= 15 is 0 Å². The highest BCUT2D eigenvalue weighted by atomic mass is 19.4. The highest BCUT2D eigenvalue weighted by Crippen LogP contribution is 2.39. The number of ether oxygens (including phenoxy) is 2. The van der Waals surface area contributed by atoms with Crippen LogP contribution in [0.1, 0.15) is 29.2 Å². The van der Waals surface area contributed by atoms with Gasteiger partial charge in [-0.3, -0.25) is 9.79 Å². The number of rotatable bonds is 8. The van der Waals surface area contributed by atoms with Crippen molar-refractivity contribution in [1.29, 1.82) is 0 Å². The summed E-state index contributed by atoms with van der Waals surface area (Å²) in [6, 6.07) is 24.6. The van der Waals surface area contributed by atoms with Crippen LogP contribution in [0.2, 0.25) is 0 Å². The van der Waals surface area contributed by atoms with E-state index in [0.29, 0.717) is 16.7 Å². The number of carbonyl (C=O) groups excluding carboxylic acids is 1. The van der Waals surface area contributed by atoms with Gasteiger partial charge in [0.05, 0.1) is 17.5 Å². The van der Waals surface area contributed by atoms with Gasteiger partial charge >= 0.3 is 12.3 Å². The number of aliphatic imine (C=N–C) groups is 1. The second kappa shape index (κ2) is 12.4. The molecule has 4 aromatic rings. The lowest BCUT2D eigenvalue weighted by Gasteiger charge is -2.17. The maximum atomic E-state index is 14.6. The van der Waals surface area contributed by atoms with Crippen LogP contribution in [-0.2, 0) is 9.53 Å². The lowest BCUT2D eigenvalue weighted by atomic mass is 9.90. The van der Waals surface area contributed by atoms with Crippen LogP contribution in [0.3, 0.4) is 0 Å². The fourth-order valence-corrected chi connectivity index (χ4v) is 4.80. The Hall–Kier alpha value is -4.79. The van der Waals surface area contributed by atoms with Crippen LogP contribution in [0, 0.1) is 17.6 Å². The van der Waals surface area contributed by atoms with Crippen molar-refractivity contribution in [3.63, 3.8) is 0 Å². The van der Waals surface area contributed by atoms with Gasteiger partial charge in [0, 0.05) is 12.1 Å². The van der Waals surface area contributed by atoms with Crippen LogP contribution < -0.4 is 4.74 Å². The molecular formula is C33H24F5NO3. The zero-order valence-corrected chi connectivity index (χ0v) is 22.0. The first-order valence-electron chi connectivity index (χ1n) is 13.0. The number of halogens is 5. The van der Waals surface area contributed by atoms with E-state index in [1.54, 1.807) is 30.3 Å². The molecule has 0 aliphatic carbocycles. The number of alkyl halides is 3. The Bertz CT molecular complexity index is 1580. The number of carbonyl (C=O) groups is 1. The second-order valence-corrected chi connectivity index (χ2v) is 9.57. The summed E-state index contributed by atoms with van der Waals surface area (Å²) in [4.78, 5) is 17.8. The molecule has 4 nitrogen and oxygen atoms in total. The van der Waals surface area contributed by atoms with E-state index in [0.717, 1.165) is 17.7 Å². The van der Waals surface area contributed by atoms with Gasteiger partial charge in [0.2, 0.25) is 0 Å². The summed E-state index contributed by atoms with van der Waals surface area (Å²) in [7, 11) is 0. The van der Waals surface area contributed by atoms with Gasteiger partial charge in [0.1, 0.15) is 24.0 Å². The van der Waals surface area contributed by atoms with E-state index in [1.165, 1.54) is 30.3 Å². The van der Waals surface area contributed by atoms with Crippen molar-refractivity contribution in [2.75, 3.05) is 6.61 Å². The zero-order valence-electron chi connectivity index (χ0n) is 22.0. The summed E-state index contributed by atoms with van der Waals surface area (Å²) in [6.45, 7) is 0.00727. The SMILES string of the molecule is O=C(OC/C=C/c1ccccc1)[C@H]1CC(c2c(F)cccc2F)=N[C@H]1c1ccc(-c2ccc(OC(F)(F)F)cc2)cc1. The van der Waals surface area contributed by atoms with E-state index in [1.807, 2.05) is 36.4 Å². The first-order valence-corrected chi connectivity index (χ1v) is 13.0. The summed E-state index contributed by atoms with van der Waals surface area (Å²) in [6.07, 6.45) is -1.29.